The zero-order valence-corrected chi connectivity index (χ0v) is 20.2. The van der Waals surface area contributed by atoms with Crippen LogP contribution in [0, 0.1) is 5.82 Å². The first-order valence-corrected chi connectivity index (χ1v) is 11.8. The lowest BCUT2D eigenvalue weighted by Crippen LogP contribution is -2.30. The molecular weight excluding hydrogens is 441 g/mol. The quantitative estimate of drug-likeness (QED) is 0.352. The van der Waals surface area contributed by atoms with Gasteiger partial charge in [0.15, 0.2) is 0 Å². The third-order valence-electron chi connectivity index (χ3n) is 5.83. The molecular formula is C28H30FN5O. The number of hydrogen-bond donors (Lipinski definition) is 2. The molecule has 180 valence electrons. The van der Waals surface area contributed by atoms with E-state index in [1.54, 1.807) is 31.6 Å². The summed E-state index contributed by atoms with van der Waals surface area (Å²) in [7, 11) is 1.70. The zero-order chi connectivity index (χ0) is 24.8. The largest absolute Gasteiger partial charge is 0.355 e. The van der Waals surface area contributed by atoms with Crippen molar-refractivity contribution in [3.05, 3.63) is 101 Å². The molecule has 0 amide bonds. The van der Waals surface area contributed by atoms with Gasteiger partial charge in [-0.2, -0.15) is 0 Å². The summed E-state index contributed by atoms with van der Waals surface area (Å²) in [6.07, 6.45) is 4.14. The van der Waals surface area contributed by atoms with Crippen LogP contribution < -0.4 is 16.2 Å². The minimum Gasteiger partial charge on any atom is -0.355 e. The van der Waals surface area contributed by atoms with Crippen LogP contribution in [0.3, 0.4) is 0 Å². The summed E-state index contributed by atoms with van der Waals surface area (Å²) in [6, 6.07) is 20.4. The first-order chi connectivity index (χ1) is 16.9. The second-order valence-electron chi connectivity index (χ2n) is 8.77. The molecule has 0 fully saturated rings. The van der Waals surface area contributed by atoms with E-state index in [4.69, 9.17) is 4.98 Å². The molecule has 0 saturated heterocycles. The molecule has 1 unspecified atom stereocenters. The third-order valence-corrected chi connectivity index (χ3v) is 5.83. The smallest absolute Gasteiger partial charge is 0.263 e. The number of anilines is 1. The van der Waals surface area contributed by atoms with Gasteiger partial charge in [0.25, 0.3) is 5.56 Å². The van der Waals surface area contributed by atoms with E-state index in [1.165, 1.54) is 22.3 Å². The topological polar surface area (TPSA) is 71.8 Å². The second kappa shape index (κ2) is 11.1. The third kappa shape index (κ3) is 5.81. The summed E-state index contributed by atoms with van der Waals surface area (Å²) in [6.45, 7) is 4.87. The Morgan fingerprint density at radius 1 is 0.943 bits per heavy atom. The van der Waals surface area contributed by atoms with Gasteiger partial charge in [-0.25, -0.2) is 9.37 Å². The molecule has 1 atom stereocenters. The van der Waals surface area contributed by atoms with Crippen LogP contribution >= 0.6 is 0 Å². The van der Waals surface area contributed by atoms with E-state index in [9.17, 15) is 9.18 Å². The number of benzene rings is 2. The normalized spacial score (nSPS) is 12.0. The Morgan fingerprint density at radius 2 is 1.63 bits per heavy atom. The highest BCUT2D eigenvalue weighted by molar-refractivity contribution is 5.80. The lowest BCUT2D eigenvalue weighted by Gasteiger charge is -2.22. The second-order valence-corrected chi connectivity index (χ2v) is 8.77. The van der Waals surface area contributed by atoms with Crippen LogP contribution in [0.2, 0.25) is 0 Å². The van der Waals surface area contributed by atoms with E-state index < -0.39 is 0 Å². The van der Waals surface area contributed by atoms with Crippen molar-refractivity contribution < 1.29 is 4.39 Å². The van der Waals surface area contributed by atoms with Crippen LogP contribution in [0.25, 0.3) is 22.4 Å². The van der Waals surface area contributed by atoms with E-state index in [2.05, 4.69) is 41.6 Å². The first kappa shape index (κ1) is 24.3. The highest BCUT2D eigenvalue weighted by Gasteiger charge is 2.19. The SMILES string of the molecule is CC(C)NC(CCNc1nc(-c2ccncc2)c(-c2ccc(F)cc2)c(=O)n1C)c1ccccc1. The number of aromatic nitrogens is 3. The standard InChI is InChI=1S/C28H30FN5O/c1-19(2)32-24(20-7-5-4-6-8-20)15-18-31-28-33-26(22-13-16-30-17-14-22)25(27(35)34(28)3)21-9-11-23(29)12-10-21/h4-14,16-17,19,24,32H,15,18H2,1-3H3,(H,31,33). The van der Waals surface area contributed by atoms with E-state index in [1.807, 2.05) is 30.3 Å². The zero-order valence-electron chi connectivity index (χ0n) is 20.2. The maximum atomic E-state index is 13.6. The lowest BCUT2D eigenvalue weighted by molar-refractivity contribution is 0.460. The lowest BCUT2D eigenvalue weighted by atomic mass is 10.0. The summed E-state index contributed by atoms with van der Waals surface area (Å²) in [4.78, 5) is 22.4. The molecule has 0 radical (unpaired) electrons. The monoisotopic (exact) mass is 471 g/mol. The van der Waals surface area contributed by atoms with Crippen molar-refractivity contribution in [3.63, 3.8) is 0 Å². The van der Waals surface area contributed by atoms with Crippen molar-refractivity contribution in [2.75, 3.05) is 11.9 Å². The van der Waals surface area contributed by atoms with Gasteiger partial charge in [0.05, 0.1) is 11.3 Å². The molecule has 4 rings (SSSR count). The fourth-order valence-corrected chi connectivity index (χ4v) is 4.12. The summed E-state index contributed by atoms with van der Waals surface area (Å²) < 4.78 is 15.1. The fraction of sp³-hybridized carbons (Fsp3) is 0.250. The molecule has 6 nitrogen and oxygen atoms in total. The minimum absolute atomic E-state index is 0.166. The van der Waals surface area contributed by atoms with Crippen LogP contribution in [-0.2, 0) is 7.05 Å². The van der Waals surface area contributed by atoms with E-state index >= 15 is 0 Å². The minimum atomic E-state index is -0.356. The molecule has 2 aromatic heterocycles. The van der Waals surface area contributed by atoms with Gasteiger partial charge in [-0.3, -0.25) is 14.3 Å². The maximum Gasteiger partial charge on any atom is 0.263 e. The van der Waals surface area contributed by atoms with Crippen molar-refractivity contribution in [2.45, 2.75) is 32.4 Å². The van der Waals surface area contributed by atoms with Gasteiger partial charge in [0, 0.05) is 43.6 Å². The van der Waals surface area contributed by atoms with Crippen molar-refractivity contribution >= 4 is 5.95 Å². The predicted octanol–water partition coefficient (Wildman–Crippen LogP) is 5.19. The Bertz CT molecular complexity index is 1310. The van der Waals surface area contributed by atoms with Crippen molar-refractivity contribution in [2.24, 2.45) is 7.05 Å². The Balaban J connectivity index is 1.66. The van der Waals surface area contributed by atoms with Gasteiger partial charge in [-0.15, -0.1) is 0 Å². The Kier molecular flexibility index (Phi) is 7.67. The molecule has 0 spiro atoms. The van der Waals surface area contributed by atoms with Crippen LogP contribution in [0.15, 0.2) is 83.9 Å². The van der Waals surface area contributed by atoms with Gasteiger partial charge in [-0.1, -0.05) is 56.3 Å². The highest BCUT2D eigenvalue weighted by Crippen LogP contribution is 2.29. The van der Waals surface area contributed by atoms with Crippen LogP contribution in [0.5, 0.6) is 0 Å². The van der Waals surface area contributed by atoms with Crippen LogP contribution in [-0.4, -0.2) is 27.1 Å². The van der Waals surface area contributed by atoms with Crippen LogP contribution in [0.1, 0.15) is 31.9 Å². The van der Waals surface area contributed by atoms with Gasteiger partial charge in [0.2, 0.25) is 5.95 Å². The predicted molar refractivity (Wildman–Crippen MR) is 139 cm³/mol. The van der Waals surface area contributed by atoms with Crippen molar-refractivity contribution in [3.8, 4) is 22.4 Å². The molecule has 0 aliphatic carbocycles. The Morgan fingerprint density at radius 3 is 2.29 bits per heavy atom. The summed E-state index contributed by atoms with van der Waals surface area (Å²) >= 11 is 0. The Hall–Kier alpha value is -3.84. The molecule has 0 bridgehead atoms. The van der Waals surface area contributed by atoms with E-state index in [0.29, 0.717) is 35.4 Å². The molecule has 0 saturated carbocycles. The molecule has 0 aliphatic rings. The van der Waals surface area contributed by atoms with Gasteiger partial charge >= 0.3 is 0 Å². The number of halogens is 1. The van der Waals surface area contributed by atoms with E-state index in [-0.39, 0.29) is 17.4 Å². The maximum absolute atomic E-state index is 13.6. The van der Waals surface area contributed by atoms with Crippen molar-refractivity contribution in [1.82, 2.24) is 19.9 Å². The fourth-order valence-electron chi connectivity index (χ4n) is 4.12. The number of nitrogens with zero attached hydrogens (tertiary/aromatic N) is 3. The molecule has 2 aromatic carbocycles. The summed E-state index contributed by atoms with van der Waals surface area (Å²) in [5.41, 5.74) is 3.35. The van der Waals surface area contributed by atoms with Gasteiger partial charge < -0.3 is 10.6 Å². The first-order valence-electron chi connectivity index (χ1n) is 11.8. The number of rotatable bonds is 9. The number of nitrogens with one attached hydrogen (secondary N) is 2. The highest BCUT2D eigenvalue weighted by atomic mass is 19.1. The average molecular weight is 472 g/mol. The van der Waals surface area contributed by atoms with Crippen LogP contribution in [0.4, 0.5) is 10.3 Å². The summed E-state index contributed by atoms with van der Waals surface area (Å²) in [5, 5.41) is 6.98. The molecule has 2 heterocycles. The molecule has 7 heteroatoms. The molecule has 35 heavy (non-hydrogen) atoms. The van der Waals surface area contributed by atoms with Crippen molar-refractivity contribution in [1.29, 1.82) is 0 Å². The summed E-state index contributed by atoms with van der Waals surface area (Å²) in [5.74, 6) is 0.120. The Labute approximate surface area is 204 Å². The number of pyridine rings is 1. The molecule has 2 N–H and O–H groups in total. The van der Waals surface area contributed by atoms with E-state index in [0.717, 1.165) is 12.0 Å². The average Bonchev–Trinajstić information content (AvgIpc) is 2.87. The molecule has 4 aromatic rings. The van der Waals surface area contributed by atoms with Gasteiger partial charge in [0.1, 0.15) is 5.82 Å². The van der Waals surface area contributed by atoms with Gasteiger partial charge in [-0.05, 0) is 41.8 Å². The number of hydrogen-bond acceptors (Lipinski definition) is 5. The molecule has 0 aliphatic heterocycles.